The quantitative estimate of drug-likeness (QED) is 0.688. The van der Waals surface area contributed by atoms with Gasteiger partial charge in [0.25, 0.3) is 0 Å². The largest absolute Gasteiger partial charge is 0.314 e. The first-order valence-electron chi connectivity index (χ1n) is 4.39. The molecular formula is C8H16N4S. The van der Waals surface area contributed by atoms with Gasteiger partial charge in [0.15, 0.2) is 0 Å². The predicted molar refractivity (Wildman–Crippen MR) is 55.8 cm³/mol. The molecule has 0 amide bonds. The molecule has 4 nitrogen and oxygen atoms in total. The van der Waals surface area contributed by atoms with Crippen molar-refractivity contribution < 1.29 is 0 Å². The first kappa shape index (κ1) is 10.5. The molecule has 13 heavy (non-hydrogen) atoms. The maximum absolute atomic E-state index is 4.03. The molecule has 1 aromatic rings. The van der Waals surface area contributed by atoms with Crippen molar-refractivity contribution in [2.24, 2.45) is 0 Å². The number of aryl methyl sites for hydroxylation is 1. The second-order valence-corrected chi connectivity index (χ2v) is 3.84. The van der Waals surface area contributed by atoms with E-state index in [0.29, 0.717) is 0 Å². The molecule has 0 fully saturated rings. The van der Waals surface area contributed by atoms with Gasteiger partial charge in [-0.1, -0.05) is 5.21 Å². The Balaban J connectivity index is 2.31. The topological polar surface area (TPSA) is 42.7 Å². The molecule has 0 bridgehead atoms. The second-order valence-electron chi connectivity index (χ2n) is 2.85. The first-order chi connectivity index (χ1) is 6.36. The number of hydrogen-bond acceptors (Lipinski definition) is 4. The molecule has 0 aliphatic carbocycles. The fourth-order valence-corrected chi connectivity index (χ4v) is 1.50. The van der Waals surface area contributed by atoms with Crippen LogP contribution in [-0.2, 0) is 13.1 Å². The molecule has 0 aromatic carbocycles. The van der Waals surface area contributed by atoms with Crippen LogP contribution >= 0.6 is 11.8 Å². The Morgan fingerprint density at radius 3 is 3.15 bits per heavy atom. The molecule has 0 atom stereocenters. The van der Waals surface area contributed by atoms with Crippen LogP contribution in [0.15, 0.2) is 6.20 Å². The maximum Gasteiger partial charge on any atom is 0.0964 e. The Kier molecular flexibility index (Phi) is 4.85. The third-order valence-corrected chi connectivity index (χ3v) is 2.38. The highest BCUT2D eigenvalue weighted by Crippen LogP contribution is 1.99. The number of aromatic nitrogens is 3. The van der Waals surface area contributed by atoms with Crippen molar-refractivity contribution in [2.45, 2.75) is 19.5 Å². The molecule has 1 heterocycles. The second kappa shape index (κ2) is 5.99. The summed E-state index contributed by atoms with van der Waals surface area (Å²) in [5.41, 5.74) is 1.01. The summed E-state index contributed by atoms with van der Waals surface area (Å²) in [5, 5.41) is 11.1. The fraction of sp³-hybridized carbons (Fsp3) is 0.750. The van der Waals surface area contributed by atoms with Gasteiger partial charge in [-0.2, -0.15) is 11.8 Å². The predicted octanol–water partition coefficient (Wildman–Crippen LogP) is 0.751. The Bertz CT molecular complexity index is 236. The molecular weight excluding hydrogens is 184 g/mol. The van der Waals surface area contributed by atoms with E-state index in [4.69, 9.17) is 0 Å². The van der Waals surface area contributed by atoms with Crippen molar-refractivity contribution in [3.63, 3.8) is 0 Å². The van der Waals surface area contributed by atoms with Crippen LogP contribution in [0.1, 0.15) is 12.1 Å². The average Bonchev–Trinajstić information content (AvgIpc) is 2.54. The van der Waals surface area contributed by atoms with Crippen molar-refractivity contribution >= 4 is 11.8 Å². The smallest absolute Gasteiger partial charge is 0.0964 e. The first-order valence-corrected chi connectivity index (χ1v) is 5.78. The molecule has 0 saturated carbocycles. The summed E-state index contributed by atoms with van der Waals surface area (Å²) < 4.78 is 1.91. The van der Waals surface area contributed by atoms with E-state index >= 15 is 0 Å². The zero-order valence-electron chi connectivity index (χ0n) is 8.16. The van der Waals surface area contributed by atoms with E-state index in [1.54, 1.807) is 0 Å². The van der Waals surface area contributed by atoms with E-state index in [0.717, 1.165) is 25.2 Å². The van der Waals surface area contributed by atoms with Gasteiger partial charge in [-0.3, -0.25) is 4.68 Å². The van der Waals surface area contributed by atoms with E-state index in [9.17, 15) is 0 Å². The lowest BCUT2D eigenvalue weighted by Crippen LogP contribution is -2.05. The third-order valence-electron chi connectivity index (χ3n) is 1.68. The standard InChI is InChI=1S/C8H16N4S/c1-9-6-8-7-12(11-10-8)4-3-5-13-2/h7,9H,3-6H2,1-2H3. The van der Waals surface area contributed by atoms with Gasteiger partial charge in [0.1, 0.15) is 0 Å². The minimum atomic E-state index is 0.794. The number of hydrogen-bond donors (Lipinski definition) is 1. The summed E-state index contributed by atoms with van der Waals surface area (Å²) in [7, 11) is 1.91. The Hall–Kier alpha value is -0.550. The van der Waals surface area contributed by atoms with Gasteiger partial charge < -0.3 is 5.32 Å². The average molecular weight is 200 g/mol. The minimum absolute atomic E-state index is 0.794. The lowest BCUT2D eigenvalue weighted by molar-refractivity contribution is 0.582. The number of nitrogens with one attached hydrogen (secondary N) is 1. The summed E-state index contributed by atoms with van der Waals surface area (Å²) in [5.74, 6) is 1.18. The number of rotatable bonds is 6. The molecule has 0 saturated heterocycles. The van der Waals surface area contributed by atoms with E-state index < -0.39 is 0 Å². The van der Waals surface area contributed by atoms with Crippen molar-refractivity contribution in [3.05, 3.63) is 11.9 Å². The van der Waals surface area contributed by atoms with Crippen molar-refractivity contribution in [1.29, 1.82) is 0 Å². The molecule has 1 aromatic heterocycles. The summed E-state index contributed by atoms with van der Waals surface area (Å²) in [4.78, 5) is 0. The summed E-state index contributed by atoms with van der Waals surface area (Å²) in [6.45, 7) is 1.76. The van der Waals surface area contributed by atoms with Crippen LogP contribution in [0.2, 0.25) is 0 Å². The summed E-state index contributed by atoms with van der Waals surface area (Å²) >= 11 is 1.86. The monoisotopic (exact) mass is 200 g/mol. The fourth-order valence-electron chi connectivity index (χ4n) is 1.08. The van der Waals surface area contributed by atoms with Gasteiger partial charge in [0.05, 0.1) is 5.69 Å². The molecule has 1 N–H and O–H groups in total. The van der Waals surface area contributed by atoms with E-state index in [1.165, 1.54) is 5.75 Å². The molecule has 1 rings (SSSR count). The highest BCUT2D eigenvalue weighted by molar-refractivity contribution is 7.98. The van der Waals surface area contributed by atoms with E-state index in [-0.39, 0.29) is 0 Å². The van der Waals surface area contributed by atoms with Crippen molar-refractivity contribution in [2.75, 3.05) is 19.1 Å². The van der Waals surface area contributed by atoms with Crippen LogP contribution in [0.25, 0.3) is 0 Å². The van der Waals surface area contributed by atoms with E-state index in [1.807, 2.05) is 29.7 Å². The normalized spacial score (nSPS) is 10.6. The van der Waals surface area contributed by atoms with Crippen LogP contribution in [0, 0.1) is 0 Å². The zero-order valence-corrected chi connectivity index (χ0v) is 8.97. The molecule has 0 spiro atoms. The SMILES string of the molecule is CNCc1cn(CCCSC)nn1. The highest BCUT2D eigenvalue weighted by atomic mass is 32.2. The molecule has 0 unspecified atom stereocenters. The Morgan fingerprint density at radius 1 is 1.62 bits per heavy atom. The van der Waals surface area contributed by atoms with Gasteiger partial charge in [-0.05, 0) is 25.5 Å². The van der Waals surface area contributed by atoms with E-state index in [2.05, 4.69) is 21.9 Å². The molecule has 0 radical (unpaired) electrons. The molecule has 5 heteroatoms. The van der Waals surface area contributed by atoms with Crippen molar-refractivity contribution in [1.82, 2.24) is 20.3 Å². The Labute approximate surface area is 83.1 Å². The van der Waals surface area contributed by atoms with Crippen LogP contribution in [0.4, 0.5) is 0 Å². The van der Waals surface area contributed by atoms with Crippen LogP contribution in [0.3, 0.4) is 0 Å². The summed E-state index contributed by atoms with van der Waals surface area (Å²) in [6, 6.07) is 0. The van der Waals surface area contributed by atoms with Crippen LogP contribution in [-0.4, -0.2) is 34.1 Å². The van der Waals surface area contributed by atoms with Crippen LogP contribution in [0.5, 0.6) is 0 Å². The molecule has 0 aliphatic rings. The van der Waals surface area contributed by atoms with Gasteiger partial charge in [-0.15, -0.1) is 5.10 Å². The third kappa shape index (κ3) is 3.78. The Morgan fingerprint density at radius 2 is 2.46 bits per heavy atom. The van der Waals surface area contributed by atoms with Crippen LogP contribution < -0.4 is 5.32 Å². The van der Waals surface area contributed by atoms with Gasteiger partial charge >= 0.3 is 0 Å². The summed E-state index contributed by atoms with van der Waals surface area (Å²) in [6.07, 6.45) is 5.27. The lowest BCUT2D eigenvalue weighted by Gasteiger charge is -1.97. The van der Waals surface area contributed by atoms with Gasteiger partial charge in [0, 0.05) is 19.3 Å². The van der Waals surface area contributed by atoms with Gasteiger partial charge in [-0.25, -0.2) is 0 Å². The number of nitrogens with zero attached hydrogens (tertiary/aromatic N) is 3. The van der Waals surface area contributed by atoms with Crippen molar-refractivity contribution in [3.8, 4) is 0 Å². The lowest BCUT2D eigenvalue weighted by atomic mass is 10.4. The molecule has 74 valence electrons. The van der Waals surface area contributed by atoms with Gasteiger partial charge in [0.2, 0.25) is 0 Å². The minimum Gasteiger partial charge on any atom is -0.314 e. The number of thioether (sulfide) groups is 1. The molecule has 0 aliphatic heterocycles. The maximum atomic E-state index is 4.03. The zero-order chi connectivity index (χ0) is 9.52. The highest BCUT2D eigenvalue weighted by Gasteiger charge is 1.98.